The molecule has 0 aromatic heterocycles. The standard InChI is InChI=1S/C12H21NO3/c1-8(2)9-4-5-10(6-9)12(15)13-7-11(14)16-3/h8-10H,4-7H2,1-3H3,(H,13,15)/t9-,10+/m1/s1. The Morgan fingerprint density at radius 1 is 1.38 bits per heavy atom. The van der Waals surface area contributed by atoms with E-state index in [1.807, 2.05) is 0 Å². The van der Waals surface area contributed by atoms with Gasteiger partial charge in [0, 0.05) is 5.92 Å². The van der Waals surface area contributed by atoms with E-state index in [1.54, 1.807) is 0 Å². The zero-order chi connectivity index (χ0) is 12.1. The Hall–Kier alpha value is -1.06. The minimum absolute atomic E-state index is 0.00597. The predicted molar refractivity (Wildman–Crippen MR) is 60.7 cm³/mol. The molecule has 0 heterocycles. The SMILES string of the molecule is COC(=O)CNC(=O)[C@H]1CC[C@@H](C(C)C)C1. The largest absolute Gasteiger partial charge is 0.468 e. The van der Waals surface area contributed by atoms with Gasteiger partial charge in [-0.15, -0.1) is 0 Å². The maximum Gasteiger partial charge on any atom is 0.325 e. The Kier molecular flexibility index (Phi) is 4.77. The fourth-order valence-electron chi connectivity index (χ4n) is 2.24. The molecule has 1 rings (SSSR count). The second kappa shape index (κ2) is 5.87. The van der Waals surface area contributed by atoms with Gasteiger partial charge in [-0.25, -0.2) is 0 Å². The minimum Gasteiger partial charge on any atom is -0.468 e. The lowest BCUT2D eigenvalue weighted by atomic mass is 9.93. The van der Waals surface area contributed by atoms with Crippen molar-refractivity contribution >= 4 is 11.9 Å². The van der Waals surface area contributed by atoms with Crippen LogP contribution in [-0.2, 0) is 14.3 Å². The van der Waals surface area contributed by atoms with Gasteiger partial charge in [-0.05, 0) is 31.1 Å². The first-order valence-electron chi connectivity index (χ1n) is 5.89. The van der Waals surface area contributed by atoms with Gasteiger partial charge in [0.2, 0.25) is 5.91 Å². The van der Waals surface area contributed by atoms with Crippen LogP contribution in [0.25, 0.3) is 0 Å². The summed E-state index contributed by atoms with van der Waals surface area (Å²) in [6, 6.07) is 0. The molecule has 1 saturated carbocycles. The summed E-state index contributed by atoms with van der Waals surface area (Å²) in [7, 11) is 1.32. The van der Waals surface area contributed by atoms with Crippen molar-refractivity contribution in [2.24, 2.45) is 17.8 Å². The molecule has 0 aromatic rings. The van der Waals surface area contributed by atoms with Crippen LogP contribution in [-0.4, -0.2) is 25.5 Å². The molecule has 1 fully saturated rings. The van der Waals surface area contributed by atoms with Crippen LogP contribution >= 0.6 is 0 Å². The summed E-state index contributed by atoms with van der Waals surface area (Å²) in [5.74, 6) is 0.963. The van der Waals surface area contributed by atoms with Crippen molar-refractivity contribution in [3.63, 3.8) is 0 Å². The smallest absolute Gasteiger partial charge is 0.325 e. The van der Waals surface area contributed by atoms with Crippen molar-refractivity contribution < 1.29 is 14.3 Å². The molecule has 0 bridgehead atoms. The molecule has 4 nitrogen and oxygen atoms in total. The Bertz CT molecular complexity index is 263. The molecule has 0 unspecified atom stereocenters. The highest BCUT2D eigenvalue weighted by molar-refractivity contribution is 5.83. The molecule has 1 aliphatic carbocycles. The van der Waals surface area contributed by atoms with Crippen molar-refractivity contribution in [2.45, 2.75) is 33.1 Å². The van der Waals surface area contributed by atoms with Crippen LogP contribution in [0.3, 0.4) is 0 Å². The fourth-order valence-corrected chi connectivity index (χ4v) is 2.24. The molecular weight excluding hydrogens is 206 g/mol. The number of methoxy groups -OCH3 is 1. The molecule has 2 atom stereocenters. The van der Waals surface area contributed by atoms with E-state index in [0.717, 1.165) is 19.3 Å². The van der Waals surface area contributed by atoms with Gasteiger partial charge in [0.05, 0.1) is 7.11 Å². The zero-order valence-electron chi connectivity index (χ0n) is 10.3. The van der Waals surface area contributed by atoms with Gasteiger partial charge >= 0.3 is 5.97 Å². The van der Waals surface area contributed by atoms with Gasteiger partial charge in [-0.1, -0.05) is 13.8 Å². The summed E-state index contributed by atoms with van der Waals surface area (Å²) in [4.78, 5) is 22.6. The van der Waals surface area contributed by atoms with E-state index < -0.39 is 5.97 Å². The molecule has 0 saturated heterocycles. The number of ether oxygens (including phenoxy) is 1. The van der Waals surface area contributed by atoms with Gasteiger partial charge in [0.1, 0.15) is 6.54 Å². The van der Waals surface area contributed by atoms with Gasteiger partial charge < -0.3 is 10.1 Å². The van der Waals surface area contributed by atoms with Gasteiger partial charge in [-0.2, -0.15) is 0 Å². The third kappa shape index (κ3) is 3.51. The molecule has 92 valence electrons. The molecule has 0 aromatic carbocycles. The Morgan fingerprint density at radius 2 is 2.06 bits per heavy atom. The molecule has 16 heavy (non-hydrogen) atoms. The number of carbonyl (C=O) groups excluding carboxylic acids is 2. The average Bonchev–Trinajstić information content (AvgIpc) is 2.74. The topological polar surface area (TPSA) is 55.4 Å². The first-order chi connectivity index (χ1) is 7.54. The summed E-state index contributed by atoms with van der Waals surface area (Å²) in [6.07, 6.45) is 3.01. The van der Waals surface area contributed by atoms with E-state index >= 15 is 0 Å². The van der Waals surface area contributed by atoms with Gasteiger partial charge in [-0.3, -0.25) is 9.59 Å². The molecule has 1 aliphatic rings. The highest BCUT2D eigenvalue weighted by atomic mass is 16.5. The normalized spacial score (nSPS) is 24.5. The van der Waals surface area contributed by atoms with Crippen LogP contribution in [0.1, 0.15) is 33.1 Å². The minimum atomic E-state index is -0.397. The molecule has 4 heteroatoms. The summed E-state index contributed by atoms with van der Waals surface area (Å²) in [5.41, 5.74) is 0. The van der Waals surface area contributed by atoms with E-state index in [0.29, 0.717) is 11.8 Å². The van der Waals surface area contributed by atoms with Crippen LogP contribution in [0, 0.1) is 17.8 Å². The summed E-state index contributed by atoms with van der Waals surface area (Å²) < 4.78 is 4.47. The lowest BCUT2D eigenvalue weighted by molar-refractivity contribution is -0.141. The zero-order valence-corrected chi connectivity index (χ0v) is 10.3. The summed E-state index contributed by atoms with van der Waals surface area (Å²) >= 11 is 0. The Labute approximate surface area is 96.7 Å². The molecule has 0 radical (unpaired) electrons. The molecule has 1 N–H and O–H groups in total. The number of rotatable bonds is 4. The number of carbonyl (C=O) groups is 2. The number of esters is 1. The Balaban J connectivity index is 2.31. The molecule has 0 aliphatic heterocycles. The van der Waals surface area contributed by atoms with Crippen molar-refractivity contribution in [1.29, 1.82) is 0 Å². The van der Waals surface area contributed by atoms with Crippen molar-refractivity contribution in [3.8, 4) is 0 Å². The lowest BCUT2D eigenvalue weighted by Gasteiger charge is -2.14. The van der Waals surface area contributed by atoms with Gasteiger partial charge in [0.25, 0.3) is 0 Å². The van der Waals surface area contributed by atoms with E-state index in [9.17, 15) is 9.59 Å². The van der Waals surface area contributed by atoms with Crippen LogP contribution in [0.15, 0.2) is 0 Å². The molecule has 0 spiro atoms. The average molecular weight is 227 g/mol. The third-order valence-corrected chi connectivity index (χ3v) is 3.42. The number of nitrogens with one attached hydrogen (secondary N) is 1. The van der Waals surface area contributed by atoms with Crippen LogP contribution in [0.5, 0.6) is 0 Å². The summed E-state index contributed by atoms with van der Waals surface area (Å²) in [5, 5.41) is 2.62. The quantitative estimate of drug-likeness (QED) is 0.737. The Morgan fingerprint density at radius 3 is 2.56 bits per heavy atom. The second-order valence-electron chi connectivity index (χ2n) is 4.81. The molecular formula is C12H21NO3. The van der Waals surface area contributed by atoms with Crippen LogP contribution < -0.4 is 5.32 Å². The molecule has 1 amide bonds. The van der Waals surface area contributed by atoms with E-state index in [2.05, 4.69) is 23.9 Å². The van der Waals surface area contributed by atoms with E-state index in [4.69, 9.17) is 0 Å². The number of amides is 1. The number of hydrogen-bond donors (Lipinski definition) is 1. The first-order valence-corrected chi connectivity index (χ1v) is 5.89. The maximum atomic E-state index is 11.7. The fraction of sp³-hybridized carbons (Fsp3) is 0.833. The van der Waals surface area contributed by atoms with Crippen molar-refractivity contribution in [2.75, 3.05) is 13.7 Å². The lowest BCUT2D eigenvalue weighted by Crippen LogP contribution is -2.34. The number of hydrogen-bond acceptors (Lipinski definition) is 3. The first kappa shape index (κ1) is 13.0. The maximum absolute atomic E-state index is 11.7. The van der Waals surface area contributed by atoms with E-state index in [1.165, 1.54) is 7.11 Å². The van der Waals surface area contributed by atoms with Crippen molar-refractivity contribution in [3.05, 3.63) is 0 Å². The van der Waals surface area contributed by atoms with Gasteiger partial charge in [0.15, 0.2) is 0 Å². The second-order valence-corrected chi connectivity index (χ2v) is 4.81. The highest BCUT2D eigenvalue weighted by Gasteiger charge is 2.31. The van der Waals surface area contributed by atoms with E-state index in [-0.39, 0.29) is 18.4 Å². The predicted octanol–water partition coefficient (Wildman–Crippen LogP) is 1.35. The highest BCUT2D eigenvalue weighted by Crippen LogP contribution is 2.35. The van der Waals surface area contributed by atoms with Crippen molar-refractivity contribution in [1.82, 2.24) is 5.32 Å². The van der Waals surface area contributed by atoms with Crippen LogP contribution in [0.4, 0.5) is 0 Å². The van der Waals surface area contributed by atoms with Crippen LogP contribution in [0.2, 0.25) is 0 Å². The third-order valence-electron chi connectivity index (χ3n) is 3.42. The summed E-state index contributed by atoms with van der Waals surface area (Å²) in [6.45, 7) is 4.37. The monoisotopic (exact) mass is 227 g/mol.